The smallest absolute Gasteiger partial charge is 0.353 e. The molecule has 7 heteroatoms. The van der Waals surface area contributed by atoms with E-state index in [0.29, 0.717) is 5.82 Å². The number of urea groups is 1. The van der Waals surface area contributed by atoms with Gasteiger partial charge in [0.2, 0.25) is 0 Å². The van der Waals surface area contributed by atoms with Gasteiger partial charge in [0.05, 0.1) is 11.7 Å². The highest BCUT2D eigenvalue weighted by molar-refractivity contribution is 5.85. The number of aromatic amines is 1. The molecule has 0 radical (unpaired) electrons. The second kappa shape index (κ2) is 4.75. The summed E-state index contributed by atoms with van der Waals surface area (Å²) in [6.07, 6.45) is 6.95. The Bertz CT molecular complexity index is 573. The zero-order chi connectivity index (χ0) is 15.1. The summed E-state index contributed by atoms with van der Waals surface area (Å²) in [4.78, 5) is 30.1. The molecular formula is C14H20N4O3. The topological polar surface area (TPSA) is 107 Å². The van der Waals surface area contributed by atoms with E-state index in [-0.39, 0.29) is 17.3 Å². The summed E-state index contributed by atoms with van der Waals surface area (Å²) in [6.45, 7) is 2.04. The van der Waals surface area contributed by atoms with E-state index >= 15 is 0 Å². The SMILES string of the molecule is CC1(NC(=O)NC2(c3ncc(C(=O)O)[nH]3)CCC2)CCC1. The predicted octanol–water partition coefficient (Wildman–Crippen LogP) is 1.73. The van der Waals surface area contributed by atoms with Gasteiger partial charge in [-0.2, -0.15) is 0 Å². The summed E-state index contributed by atoms with van der Waals surface area (Å²) in [6, 6.07) is -0.204. The maximum Gasteiger partial charge on any atom is 0.353 e. The molecule has 0 spiro atoms. The van der Waals surface area contributed by atoms with Crippen molar-refractivity contribution < 1.29 is 14.7 Å². The zero-order valence-corrected chi connectivity index (χ0v) is 12.0. The minimum absolute atomic E-state index is 0.0458. The van der Waals surface area contributed by atoms with Crippen molar-refractivity contribution in [3.05, 3.63) is 17.7 Å². The minimum atomic E-state index is -1.05. The number of carboxylic acid groups (broad SMARTS) is 1. The number of carbonyl (C=O) groups excluding carboxylic acids is 1. The van der Waals surface area contributed by atoms with Crippen LogP contribution in [0.4, 0.5) is 4.79 Å². The Morgan fingerprint density at radius 2 is 1.90 bits per heavy atom. The number of rotatable bonds is 4. The van der Waals surface area contributed by atoms with E-state index in [4.69, 9.17) is 5.11 Å². The van der Waals surface area contributed by atoms with Crippen LogP contribution in [-0.2, 0) is 5.54 Å². The Kier molecular flexibility index (Phi) is 3.15. The third-order valence-electron chi connectivity index (χ3n) is 4.69. The molecule has 3 rings (SSSR count). The van der Waals surface area contributed by atoms with Gasteiger partial charge < -0.3 is 20.7 Å². The lowest BCUT2D eigenvalue weighted by molar-refractivity contribution is 0.0690. The van der Waals surface area contributed by atoms with Crippen molar-refractivity contribution in [2.24, 2.45) is 0 Å². The summed E-state index contributed by atoms with van der Waals surface area (Å²) in [5.41, 5.74) is -0.619. The van der Waals surface area contributed by atoms with E-state index in [2.05, 4.69) is 20.6 Å². The van der Waals surface area contributed by atoms with Crippen molar-refractivity contribution in [1.82, 2.24) is 20.6 Å². The maximum absolute atomic E-state index is 12.2. The fourth-order valence-corrected chi connectivity index (χ4v) is 2.98. The fraction of sp³-hybridized carbons (Fsp3) is 0.643. The first kappa shape index (κ1) is 13.9. The Labute approximate surface area is 122 Å². The normalized spacial score (nSPS) is 21.8. The van der Waals surface area contributed by atoms with E-state index in [1.54, 1.807) is 0 Å². The molecule has 2 saturated carbocycles. The van der Waals surface area contributed by atoms with Gasteiger partial charge in [0.1, 0.15) is 11.5 Å². The molecule has 0 aromatic carbocycles. The molecule has 2 aliphatic rings. The molecule has 114 valence electrons. The first-order chi connectivity index (χ1) is 9.92. The van der Waals surface area contributed by atoms with Crippen LogP contribution in [0.2, 0.25) is 0 Å². The van der Waals surface area contributed by atoms with Crippen LogP contribution in [0.3, 0.4) is 0 Å². The van der Waals surface area contributed by atoms with Crippen molar-refractivity contribution in [1.29, 1.82) is 0 Å². The van der Waals surface area contributed by atoms with Crippen LogP contribution < -0.4 is 10.6 Å². The molecule has 0 bridgehead atoms. The highest BCUT2D eigenvalue weighted by Gasteiger charge is 2.44. The fourth-order valence-electron chi connectivity index (χ4n) is 2.98. The molecule has 4 N–H and O–H groups in total. The van der Waals surface area contributed by atoms with Crippen LogP contribution in [0.25, 0.3) is 0 Å². The number of carboxylic acids is 1. The summed E-state index contributed by atoms with van der Waals surface area (Å²) >= 11 is 0. The number of nitrogens with one attached hydrogen (secondary N) is 3. The van der Waals surface area contributed by atoms with Crippen LogP contribution in [0.1, 0.15) is 61.8 Å². The number of nitrogens with zero attached hydrogens (tertiary/aromatic N) is 1. The Balaban J connectivity index is 1.70. The molecule has 2 aliphatic carbocycles. The van der Waals surface area contributed by atoms with Gasteiger partial charge in [0.15, 0.2) is 0 Å². The average molecular weight is 292 g/mol. The Morgan fingerprint density at radius 1 is 1.24 bits per heavy atom. The summed E-state index contributed by atoms with van der Waals surface area (Å²) in [5, 5.41) is 15.0. The molecule has 2 amide bonds. The number of hydrogen-bond acceptors (Lipinski definition) is 3. The van der Waals surface area contributed by atoms with Gasteiger partial charge in [-0.1, -0.05) is 0 Å². The number of aromatic carboxylic acids is 1. The summed E-state index contributed by atoms with van der Waals surface area (Å²) in [7, 11) is 0. The molecule has 0 atom stereocenters. The molecule has 0 aliphatic heterocycles. The van der Waals surface area contributed by atoms with Crippen molar-refractivity contribution in [3.63, 3.8) is 0 Å². The number of imidazole rings is 1. The third-order valence-corrected chi connectivity index (χ3v) is 4.69. The van der Waals surface area contributed by atoms with E-state index < -0.39 is 11.5 Å². The molecular weight excluding hydrogens is 272 g/mol. The van der Waals surface area contributed by atoms with Crippen LogP contribution >= 0.6 is 0 Å². The molecule has 0 unspecified atom stereocenters. The largest absolute Gasteiger partial charge is 0.477 e. The van der Waals surface area contributed by atoms with Gasteiger partial charge in [-0.3, -0.25) is 0 Å². The number of hydrogen-bond donors (Lipinski definition) is 4. The first-order valence-corrected chi connectivity index (χ1v) is 7.32. The second-order valence-corrected chi connectivity index (χ2v) is 6.38. The van der Waals surface area contributed by atoms with Gasteiger partial charge in [-0.05, 0) is 45.4 Å². The molecule has 1 aromatic heterocycles. The first-order valence-electron chi connectivity index (χ1n) is 7.32. The number of aromatic nitrogens is 2. The van der Waals surface area contributed by atoms with Crippen molar-refractivity contribution in [2.75, 3.05) is 0 Å². The van der Waals surface area contributed by atoms with Crippen molar-refractivity contribution in [2.45, 2.75) is 56.5 Å². The number of amides is 2. The Hall–Kier alpha value is -2.05. The molecule has 1 aromatic rings. The van der Waals surface area contributed by atoms with E-state index in [0.717, 1.165) is 38.5 Å². The predicted molar refractivity (Wildman–Crippen MR) is 75.0 cm³/mol. The van der Waals surface area contributed by atoms with Crippen LogP contribution in [0, 0.1) is 0 Å². The van der Waals surface area contributed by atoms with E-state index in [1.807, 2.05) is 6.92 Å². The van der Waals surface area contributed by atoms with Gasteiger partial charge in [0.25, 0.3) is 0 Å². The molecule has 21 heavy (non-hydrogen) atoms. The molecule has 7 nitrogen and oxygen atoms in total. The minimum Gasteiger partial charge on any atom is -0.477 e. The standard InChI is InChI=1S/C14H20N4O3/c1-13(4-2-5-13)17-12(21)18-14(6-3-7-14)11-15-8-9(16-11)10(19)20/h8H,2-7H2,1H3,(H,15,16)(H,19,20)(H2,17,18,21). The lowest BCUT2D eigenvalue weighted by Crippen LogP contribution is -2.60. The number of carbonyl (C=O) groups is 2. The quantitative estimate of drug-likeness (QED) is 0.677. The van der Waals surface area contributed by atoms with Gasteiger partial charge in [-0.15, -0.1) is 0 Å². The molecule has 0 saturated heterocycles. The maximum atomic E-state index is 12.2. The van der Waals surface area contributed by atoms with E-state index in [1.165, 1.54) is 6.20 Å². The van der Waals surface area contributed by atoms with Crippen molar-refractivity contribution >= 4 is 12.0 Å². The van der Waals surface area contributed by atoms with Crippen LogP contribution in [-0.4, -0.2) is 32.6 Å². The van der Waals surface area contributed by atoms with Crippen LogP contribution in [0.15, 0.2) is 6.20 Å². The lowest BCUT2D eigenvalue weighted by Gasteiger charge is -2.44. The highest BCUT2D eigenvalue weighted by atomic mass is 16.4. The molecule has 1 heterocycles. The van der Waals surface area contributed by atoms with Gasteiger partial charge in [-0.25, -0.2) is 14.6 Å². The highest BCUT2D eigenvalue weighted by Crippen LogP contribution is 2.40. The summed E-state index contributed by atoms with van der Waals surface area (Å²) < 4.78 is 0. The third kappa shape index (κ3) is 2.48. The monoisotopic (exact) mass is 292 g/mol. The second-order valence-electron chi connectivity index (χ2n) is 6.38. The van der Waals surface area contributed by atoms with Crippen LogP contribution in [0.5, 0.6) is 0 Å². The zero-order valence-electron chi connectivity index (χ0n) is 12.0. The van der Waals surface area contributed by atoms with Crippen molar-refractivity contribution in [3.8, 4) is 0 Å². The van der Waals surface area contributed by atoms with E-state index in [9.17, 15) is 9.59 Å². The van der Waals surface area contributed by atoms with Gasteiger partial charge >= 0.3 is 12.0 Å². The summed E-state index contributed by atoms with van der Waals surface area (Å²) in [5.74, 6) is -0.519. The Morgan fingerprint density at radius 3 is 2.33 bits per heavy atom. The van der Waals surface area contributed by atoms with Gasteiger partial charge in [0, 0.05) is 5.54 Å². The average Bonchev–Trinajstić information content (AvgIpc) is 2.81. The molecule has 2 fully saturated rings. The lowest BCUT2D eigenvalue weighted by atomic mass is 9.76. The number of H-pyrrole nitrogens is 1.